The molecule has 0 heterocycles. The van der Waals surface area contributed by atoms with Crippen molar-refractivity contribution in [1.82, 2.24) is 10.0 Å². The van der Waals surface area contributed by atoms with Gasteiger partial charge in [0.15, 0.2) is 0 Å². The van der Waals surface area contributed by atoms with Gasteiger partial charge in [0.1, 0.15) is 16.8 Å². The third-order valence-corrected chi connectivity index (χ3v) is 4.51. The minimum absolute atomic E-state index is 0.260. The number of carboxylic acids is 1. The van der Waals surface area contributed by atoms with E-state index in [2.05, 4.69) is 10.0 Å². The molecule has 0 spiro atoms. The van der Waals surface area contributed by atoms with Crippen LogP contribution >= 0.6 is 0 Å². The summed E-state index contributed by atoms with van der Waals surface area (Å²) in [5, 5.41) is 11.3. The largest absolute Gasteiger partial charge is 0.480 e. The van der Waals surface area contributed by atoms with Crippen LogP contribution < -0.4 is 10.0 Å². The van der Waals surface area contributed by atoms with Crippen LogP contribution in [0.15, 0.2) is 29.2 Å². The first-order valence-corrected chi connectivity index (χ1v) is 8.40. The van der Waals surface area contributed by atoms with E-state index in [0.717, 1.165) is 12.1 Å². The molecule has 0 aliphatic rings. The summed E-state index contributed by atoms with van der Waals surface area (Å²) in [6, 6.07) is 3.81. The lowest BCUT2D eigenvalue weighted by Crippen LogP contribution is -2.45. The molecule has 1 amide bonds. The quantitative estimate of drug-likeness (QED) is 0.642. The number of carbonyl (C=O) groups excluding carboxylic acids is 1. The fourth-order valence-electron chi connectivity index (χ4n) is 1.80. The third-order valence-electron chi connectivity index (χ3n) is 3.02. The van der Waals surface area contributed by atoms with Crippen LogP contribution in [-0.2, 0) is 19.6 Å². The molecule has 3 N–H and O–H groups in total. The van der Waals surface area contributed by atoms with E-state index in [1.807, 2.05) is 0 Å². The van der Waals surface area contributed by atoms with Crippen LogP contribution in [0.5, 0.6) is 0 Å². The smallest absolute Gasteiger partial charge is 0.326 e. The van der Waals surface area contributed by atoms with Crippen molar-refractivity contribution in [2.45, 2.75) is 31.2 Å². The summed E-state index contributed by atoms with van der Waals surface area (Å²) in [6.45, 7) is 3.01. The van der Waals surface area contributed by atoms with Gasteiger partial charge in [0.25, 0.3) is 0 Å². The van der Waals surface area contributed by atoms with E-state index in [4.69, 9.17) is 5.11 Å². The molecule has 1 rings (SSSR count). The fourth-order valence-corrected chi connectivity index (χ4v) is 2.91. The molecule has 0 saturated heterocycles. The Morgan fingerprint density at radius 2 is 1.87 bits per heavy atom. The standard InChI is InChI=1S/C14H19FN2O5S/c1-9(2)13(14(19)20)17-12(18)7-8-16-23(21,22)11-6-4-3-5-10(11)15/h3-6,9,13,16H,7-8H2,1-2H3,(H,17,18)(H,19,20)/t13-/m1/s1. The highest BCUT2D eigenvalue weighted by atomic mass is 32.2. The summed E-state index contributed by atoms with van der Waals surface area (Å²) in [4.78, 5) is 22.1. The first-order valence-electron chi connectivity index (χ1n) is 6.91. The van der Waals surface area contributed by atoms with Crippen molar-refractivity contribution in [2.24, 2.45) is 5.92 Å². The van der Waals surface area contributed by atoms with Crippen LogP contribution in [0, 0.1) is 11.7 Å². The SMILES string of the molecule is CC(C)[C@@H](NC(=O)CCNS(=O)(=O)c1ccccc1F)C(=O)O. The van der Waals surface area contributed by atoms with Crippen LogP contribution in [0.1, 0.15) is 20.3 Å². The maximum atomic E-state index is 13.5. The number of carboxylic acid groups (broad SMARTS) is 1. The third kappa shape index (κ3) is 5.61. The van der Waals surface area contributed by atoms with Gasteiger partial charge >= 0.3 is 5.97 Å². The highest BCUT2D eigenvalue weighted by Crippen LogP contribution is 2.12. The molecule has 1 atom stereocenters. The van der Waals surface area contributed by atoms with E-state index in [9.17, 15) is 22.4 Å². The van der Waals surface area contributed by atoms with Crippen molar-refractivity contribution in [3.63, 3.8) is 0 Å². The number of hydrogen-bond acceptors (Lipinski definition) is 4. The van der Waals surface area contributed by atoms with Crippen molar-refractivity contribution in [3.8, 4) is 0 Å². The van der Waals surface area contributed by atoms with E-state index in [-0.39, 0.29) is 18.9 Å². The number of carbonyl (C=O) groups is 2. The number of halogens is 1. The summed E-state index contributed by atoms with van der Waals surface area (Å²) in [7, 11) is -4.07. The van der Waals surface area contributed by atoms with Gasteiger partial charge in [-0.3, -0.25) is 4.79 Å². The Balaban J connectivity index is 2.58. The van der Waals surface area contributed by atoms with Gasteiger partial charge in [-0.1, -0.05) is 26.0 Å². The summed E-state index contributed by atoms with van der Waals surface area (Å²) in [6.07, 6.45) is -0.260. The lowest BCUT2D eigenvalue weighted by Gasteiger charge is -2.17. The average molecular weight is 346 g/mol. The van der Waals surface area contributed by atoms with Crippen LogP contribution in [0.2, 0.25) is 0 Å². The van der Waals surface area contributed by atoms with E-state index in [0.29, 0.717) is 0 Å². The molecule has 0 aliphatic carbocycles. The Morgan fingerprint density at radius 1 is 1.26 bits per heavy atom. The van der Waals surface area contributed by atoms with Crippen molar-refractivity contribution < 1.29 is 27.5 Å². The van der Waals surface area contributed by atoms with Gasteiger partial charge in [0.2, 0.25) is 15.9 Å². The van der Waals surface area contributed by atoms with E-state index in [1.54, 1.807) is 13.8 Å². The summed E-state index contributed by atoms with van der Waals surface area (Å²) >= 11 is 0. The maximum absolute atomic E-state index is 13.5. The van der Waals surface area contributed by atoms with E-state index >= 15 is 0 Å². The lowest BCUT2D eigenvalue weighted by atomic mass is 10.0. The Bertz CT molecular complexity index is 676. The van der Waals surface area contributed by atoms with Crippen molar-refractivity contribution in [1.29, 1.82) is 0 Å². The Hall–Kier alpha value is -2.00. The summed E-state index contributed by atoms with van der Waals surface area (Å²) in [5.41, 5.74) is 0. The molecule has 1 aromatic rings. The molecule has 7 nitrogen and oxygen atoms in total. The zero-order valence-electron chi connectivity index (χ0n) is 12.7. The molecular weight excluding hydrogens is 327 g/mol. The van der Waals surface area contributed by atoms with Gasteiger partial charge in [-0.05, 0) is 18.1 Å². The van der Waals surface area contributed by atoms with Crippen LogP contribution in [0.25, 0.3) is 0 Å². The molecule has 0 radical (unpaired) electrons. The lowest BCUT2D eigenvalue weighted by molar-refractivity contribution is -0.143. The van der Waals surface area contributed by atoms with E-state index < -0.39 is 38.7 Å². The Labute approximate surface area is 133 Å². The molecule has 1 aromatic carbocycles. The molecule has 23 heavy (non-hydrogen) atoms. The maximum Gasteiger partial charge on any atom is 0.326 e. The first kappa shape index (κ1) is 19.0. The second-order valence-corrected chi connectivity index (χ2v) is 6.94. The van der Waals surface area contributed by atoms with Crippen LogP contribution in [0.4, 0.5) is 4.39 Å². The van der Waals surface area contributed by atoms with Gasteiger partial charge in [-0.15, -0.1) is 0 Å². The van der Waals surface area contributed by atoms with Gasteiger partial charge in [0, 0.05) is 13.0 Å². The zero-order chi connectivity index (χ0) is 17.6. The van der Waals surface area contributed by atoms with Crippen molar-refractivity contribution in [2.75, 3.05) is 6.54 Å². The molecule has 0 bridgehead atoms. The number of nitrogens with one attached hydrogen (secondary N) is 2. The number of sulfonamides is 1. The number of benzene rings is 1. The molecule has 0 fully saturated rings. The monoisotopic (exact) mass is 346 g/mol. The number of aliphatic carboxylic acids is 1. The second kappa shape index (κ2) is 8.02. The summed E-state index contributed by atoms with van der Waals surface area (Å²) in [5.74, 6) is -2.98. The zero-order valence-corrected chi connectivity index (χ0v) is 13.6. The molecule has 128 valence electrons. The predicted molar refractivity (Wildman–Crippen MR) is 80.6 cm³/mol. The average Bonchev–Trinajstić information content (AvgIpc) is 2.44. The Morgan fingerprint density at radius 3 is 2.39 bits per heavy atom. The topological polar surface area (TPSA) is 113 Å². The van der Waals surface area contributed by atoms with E-state index in [1.165, 1.54) is 12.1 Å². The highest BCUT2D eigenvalue weighted by molar-refractivity contribution is 7.89. The van der Waals surface area contributed by atoms with Crippen molar-refractivity contribution in [3.05, 3.63) is 30.1 Å². The highest BCUT2D eigenvalue weighted by Gasteiger charge is 2.23. The van der Waals surface area contributed by atoms with Gasteiger partial charge in [0.05, 0.1) is 0 Å². The van der Waals surface area contributed by atoms with Gasteiger partial charge < -0.3 is 10.4 Å². The van der Waals surface area contributed by atoms with Gasteiger partial charge in [-0.25, -0.2) is 22.3 Å². The van der Waals surface area contributed by atoms with Gasteiger partial charge in [-0.2, -0.15) is 0 Å². The Kier molecular flexibility index (Phi) is 6.64. The first-order chi connectivity index (χ1) is 10.6. The molecule has 0 aliphatic heterocycles. The predicted octanol–water partition coefficient (Wildman–Crippen LogP) is 0.719. The number of rotatable bonds is 8. The second-order valence-electron chi connectivity index (χ2n) is 5.21. The molecule has 0 aromatic heterocycles. The minimum atomic E-state index is -4.07. The molecule has 0 unspecified atom stereocenters. The molecule has 9 heteroatoms. The number of hydrogen-bond donors (Lipinski definition) is 3. The minimum Gasteiger partial charge on any atom is -0.480 e. The van der Waals surface area contributed by atoms with Crippen molar-refractivity contribution >= 4 is 21.9 Å². The molecular formula is C14H19FN2O5S. The summed E-state index contributed by atoms with van der Waals surface area (Å²) < 4.78 is 39.4. The van der Waals surface area contributed by atoms with Crippen LogP contribution in [0.3, 0.4) is 0 Å². The fraction of sp³-hybridized carbons (Fsp3) is 0.429. The molecule has 0 saturated carbocycles. The van der Waals surface area contributed by atoms with Crippen LogP contribution in [-0.4, -0.2) is 38.0 Å². The normalized spacial score (nSPS) is 12.9. The number of amides is 1.